The van der Waals surface area contributed by atoms with E-state index in [4.69, 9.17) is 0 Å². The van der Waals surface area contributed by atoms with Gasteiger partial charge in [-0.25, -0.2) is 0 Å². The Hall–Kier alpha value is -1.67. The van der Waals surface area contributed by atoms with Gasteiger partial charge in [-0.1, -0.05) is 30.3 Å². The molecule has 0 amide bonds. The van der Waals surface area contributed by atoms with Crippen LogP contribution in [0.1, 0.15) is 28.5 Å². The molecule has 0 fully saturated rings. The van der Waals surface area contributed by atoms with Gasteiger partial charge in [0, 0.05) is 18.3 Å². The number of pyridine rings is 1. The molecule has 1 N–H and O–H groups in total. The average Bonchev–Trinajstić information content (AvgIpc) is 2.33. The number of nitrogens with zero attached hydrogens (tertiary/aromatic N) is 1. The van der Waals surface area contributed by atoms with E-state index >= 15 is 0 Å². The first kappa shape index (κ1) is 11.8. The summed E-state index contributed by atoms with van der Waals surface area (Å²) in [6, 6.07) is 12.0. The number of aliphatic hydroxyl groups is 1. The molecule has 1 heterocycles. The minimum absolute atomic E-state index is 0.482. The normalized spacial score (nSPS) is 12.4. The van der Waals surface area contributed by atoms with Gasteiger partial charge in [-0.15, -0.1) is 0 Å². The number of benzene rings is 1. The van der Waals surface area contributed by atoms with Crippen LogP contribution in [0.5, 0.6) is 0 Å². The van der Waals surface area contributed by atoms with Gasteiger partial charge < -0.3 is 5.11 Å². The number of hydrogen-bond acceptors (Lipinski definition) is 2. The number of aryl methyl sites for hydroxylation is 2. The van der Waals surface area contributed by atoms with Crippen LogP contribution in [0.15, 0.2) is 42.6 Å². The molecule has 1 aromatic heterocycles. The predicted molar refractivity (Wildman–Crippen MR) is 68.8 cm³/mol. The van der Waals surface area contributed by atoms with Gasteiger partial charge in [-0.3, -0.25) is 4.98 Å². The monoisotopic (exact) mass is 227 g/mol. The molecule has 0 aliphatic rings. The number of hydrogen-bond donors (Lipinski definition) is 1. The molecule has 2 aromatic rings. The summed E-state index contributed by atoms with van der Waals surface area (Å²) in [5.74, 6) is 0. The van der Waals surface area contributed by atoms with E-state index in [1.54, 1.807) is 6.20 Å². The molecule has 0 aliphatic heterocycles. The zero-order valence-electron chi connectivity index (χ0n) is 10.2. The van der Waals surface area contributed by atoms with Crippen molar-refractivity contribution >= 4 is 0 Å². The van der Waals surface area contributed by atoms with E-state index in [0.717, 1.165) is 11.3 Å². The SMILES string of the molecule is Cc1ccc(C(O)Cc2ccccc2C)cn1. The Labute approximate surface area is 102 Å². The molecule has 2 heteroatoms. The smallest absolute Gasteiger partial charge is 0.0845 e. The Balaban J connectivity index is 2.14. The first-order valence-electron chi connectivity index (χ1n) is 5.82. The van der Waals surface area contributed by atoms with Crippen molar-refractivity contribution in [2.45, 2.75) is 26.4 Å². The Morgan fingerprint density at radius 2 is 1.88 bits per heavy atom. The van der Waals surface area contributed by atoms with Gasteiger partial charge >= 0.3 is 0 Å². The molecule has 0 bridgehead atoms. The van der Waals surface area contributed by atoms with E-state index in [2.05, 4.69) is 24.0 Å². The topological polar surface area (TPSA) is 33.1 Å². The first-order chi connectivity index (χ1) is 8.16. The lowest BCUT2D eigenvalue weighted by atomic mass is 9.99. The van der Waals surface area contributed by atoms with Crippen LogP contribution in [0.4, 0.5) is 0 Å². The standard InChI is InChI=1S/C15H17NO/c1-11-5-3-4-6-13(11)9-15(17)14-8-7-12(2)16-10-14/h3-8,10,15,17H,9H2,1-2H3. The van der Waals surface area contributed by atoms with Crippen LogP contribution < -0.4 is 0 Å². The summed E-state index contributed by atoms with van der Waals surface area (Å²) in [6.45, 7) is 4.01. The number of rotatable bonds is 3. The van der Waals surface area contributed by atoms with Crippen molar-refractivity contribution in [2.75, 3.05) is 0 Å². The van der Waals surface area contributed by atoms with Crippen LogP contribution in [0, 0.1) is 13.8 Å². The second-order valence-electron chi connectivity index (χ2n) is 4.38. The van der Waals surface area contributed by atoms with Crippen molar-refractivity contribution in [3.8, 4) is 0 Å². The lowest BCUT2D eigenvalue weighted by molar-refractivity contribution is 0.178. The third kappa shape index (κ3) is 2.92. The van der Waals surface area contributed by atoms with Crippen LogP contribution in [-0.2, 0) is 6.42 Å². The molecule has 0 spiro atoms. The Kier molecular flexibility index (Phi) is 3.55. The predicted octanol–water partition coefficient (Wildman–Crippen LogP) is 2.97. The van der Waals surface area contributed by atoms with Crippen LogP contribution in [-0.4, -0.2) is 10.1 Å². The molecular weight excluding hydrogens is 210 g/mol. The number of aromatic nitrogens is 1. The second-order valence-corrected chi connectivity index (χ2v) is 4.38. The van der Waals surface area contributed by atoms with Gasteiger partial charge in [0.2, 0.25) is 0 Å². The van der Waals surface area contributed by atoms with Crippen molar-refractivity contribution in [1.29, 1.82) is 0 Å². The maximum absolute atomic E-state index is 10.1. The summed E-state index contributed by atoms with van der Waals surface area (Å²) >= 11 is 0. The van der Waals surface area contributed by atoms with Crippen LogP contribution >= 0.6 is 0 Å². The van der Waals surface area contributed by atoms with Gasteiger partial charge in [-0.05, 0) is 36.6 Å². The van der Waals surface area contributed by atoms with Crippen LogP contribution in [0.3, 0.4) is 0 Å². The largest absolute Gasteiger partial charge is 0.388 e. The highest BCUT2D eigenvalue weighted by Gasteiger charge is 2.09. The molecule has 17 heavy (non-hydrogen) atoms. The van der Waals surface area contributed by atoms with E-state index in [9.17, 15) is 5.11 Å². The van der Waals surface area contributed by atoms with E-state index in [0.29, 0.717) is 6.42 Å². The van der Waals surface area contributed by atoms with Gasteiger partial charge in [0.15, 0.2) is 0 Å². The van der Waals surface area contributed by atoms with E-state index in [1.807, 2.05) is 31.2 Å². The fraction of sp³-hybridized carbons (Fsp3) is 0.267. The second kappa shape index (κ2) is 5.11. The summed E-state index contributed by atoms with van der Waals surface area (Å²) in [6.07, 6.45) is 1.90. The molecule has 0 saturated carbocycles. The Morgan fingerprint density at radius 1 is 1.12 bits per heavy atom. The molecule has 1 unspecified atom stereocenters. The molecule has 2 rings (SSSR count). The summed E-state index contributed by atoms with van der Waals surface area (Å²) in [5.41, 5.74) is 4.24. The summed E-state index contributed by atoms with van der Waals surface area (Å²) in [4.78, 5) is 4.20. The fourth-order valence-electron chi connectivity index (χ4n) is 1.84. The van der Waals surface area contributed by atoms with E-state index < -0.39 is 6.10 Å². The number of aliphatic hydroxyl groups excluding tert-OH is 1. The van der Waals surface area contributed by atoms with E-state index in [-0.39, 0.29) is 0 Å². The fourth-order valence-corrected chi connectivity index (χ4v) is 1.84. The highest BCUT2D eigenvalue weighted by atomic mass is 16.3. The Bertz CT molecular complexity index is 491. The minimum atomic E-state index is -0.482. The van der Waals surface area contributed by atoms with Crippen LogP contribution in [0.25, 0.3) is 0 Å². The van der Waals surface area contributed by atoms with Gasteiger partial charge in [0.25, 0.3) is 0 Å². The van der Waals surface area contributed by atoms with Crippen LogP contribution in [0.2, 0.25) is 0 Å². The van der Waals surface area contributed by atoms with E-state index in [1.165, 1.54) is 11.1 Å². The first-order valence-corrected chi connectivity index (χ1v) is 5.82. The molecule has 88 valence electrons. The Morgan fingerprint density at radius 3 is 2.53 bits per heavy atom. The third-order valence-electron chi connectivity index (χ3n) is 2.99. The van der Waals surface area contributed by atoms with Gasteiger partial charge in [0.1, 0.15) is 0 Å². The van der Waals surface area contributed by atoms with Crippen molar-refractivity contribution in [3.05, 3.63) is 65.0 Å². The highest BCUT2D eigenvalue weighted by molar-refractivity contribution is 5.28. The quantitative estimate of drug-likeness (QED) is 0.874. The molecule has 1 aromatic carbocycles. The van der Waals surface area contributed by atoms with Gasteiger partial charge in [0.05, 0.1) is 6.10 Å². The summed E-state index contributed by atoms with van der Waals surface area (Å²) in [5, 5.41) is 10.1. The zero-order chi connectivity index (χ0) is 12.3. The molecular formula is C15H17NO. The van der Waals surface area contributed by atoms with Crippen molar-refractivity contribution in [3.63, 3.8) is 0 Å². The highest BCUT2D eigenvalue weighted by Crippen LogP contribution is 2.19. The molecule has 0 radical (unpaired) electrons. The lowest BCUT2D eigenvalue weighted by Crippen LogP contribution is -2.03. The third-order valence-corrected chi connectivity index (χ3v) is 2.99. The van der Waals surface area contributed by atoms with Crippen molar-refractivity contribution in [1.82, 2.24) is 4.98 Å². The van der Waals surface area contributed by atoms with Crippen molar-refractivity contribution in [2.24, 2.45) is 0 Å². The lowest BCUT2D eigenvalue weighted by Gasteiger charge is -2.12. The van der Waals surface area contributed by atoms with Gasteiger partial charge in [-0.2, -0.15) is 0 Å². The maximum atomic E-state index is 10.1. The molecule has 1 atom stereocenters. The average molecular weight is 227 g/mol. The minimum Gasteiger partial charge on any atom is -0.388 e. The summed E-state index contributed by atoms with van der Waals surface area (Å²) < 4.78 is 0. The molecule has 0 saturated heterocycles. The van der Waals surface area contributed by atoms with Crippen molar-refractivity contribution < 1.29 is 5.11 Å². The molecule has 2 nitrogen and oxygen atoms in total. The molecule has 0 aliphatic carbocycles. The zero-order valence-corrected chi connectivity index (χ0v) is 10.2. The summed E-state index contributed by atoms with van der Waals surface area (Å²) in [7, 11) is 0. The maximum Gasteiger partial charge on any atom is 0.0845 e.